The summed E-state index contributed by atoms with van der Waals surface area (Å²) in [7, 11) is 0. The van der Waals surface area contributed by atoms with E-state index < -0.39 is 5.82 Å². The van der Waals surface area contributed by atoms with Gasteiger partial charge in [0.05, 0.1) is 5.71 Å². The van der Waals surface area contributed by atoms with Crippen LogP contribution in [0.2, 0.25) is 0 Å². The highest BCUT2D eigenvalue weighted by Crippen LogP contribution is 2.18. The monoisotopic (exact) mass is 276 g/mol. The van der Waals surface area contributed by atoms with Crippen LogP contribution in [-0.4, -0.2) is 10.7 Å². The number of aromatic nitrogens is 1. The van der Waals surface area contributed by atoms with Crippen molar-refractivity contribution in [3.8, 4) is 0 Å². The third-order valence-electron chi connectivity index (χ3n) is 3.05. The van der Waals surface area contributed by atoms with Crippen molar-refractivity contribution >= 4 is 11.5 Å². The Bertz CT molecular complexity index is 711. The second-order valence-electron chi connectivity index (χ2n) is 4.50. The van der Waals surface area contributed by atoms with Gasteiger partial charge in [-0.3, -0.25) is 0 Å². The molecule has 0 spiro atoms. The summed E-state index contributed by atoms with van der Waals surface area (Å²) in [5, 5.41) is 0. The average molecular weight is 276 g/mol. The van der Waals surface area contributed by atoms with E-state index in [4.69, 9.17) is 0 Å². The Labute approximate surface area is 122 Å². The van der Waals surface area contributed by atoms with Gasteiger partial charge in [0.25, 0.3) is 0 Å². The van der Waals surface area contributed by atoms with E-state index in [1.54, 1.807) is 6.07 Å². The summed E-state index contributed by atoms with van der Waals surface area (Å²) in [5.41, 5.74) is 2.55. The second-order valence-corrected chi connectivity index (χ2v) is 4.50. The van der Waals surface area contributed by atoms with Crippen LogP contribution >= 0.6 is 0 Å². The van der Waals surface area contributed by atoms with Crippen LogP contribution in [0.15, 0.2) is 84.0 Å². The van der Waals surface area contributed by atoms with Crippen molar-refractivity contribution in [3.63, 3.8) is 0 Å². The first kappa shape index (κ1) is 13.2. The van der Waals surface area contributed by atoms with Gasteiger partial charge in [0.2, 0.25) is 0 Å². The number of aliphatic imine (C=N–C) groups is 1. The molecule has 102 valence electrons. The summed E-state index contributed by atoms with van der Waals surface area (Å²) < 4.78 is 13.8. The SMILES string of the molecule is Fc1cccnc1N=C(c1ccccc1)c1ccccc1. The molecule has 1 heterocycles. The normalized spacial score (nSPS) is 10.1. The average Bonchev–Trinajstić information content (AvgIpc) is 2.56. The number of rotatable bonds is 3. The van der Waals surface area contributed by atoms with Crippen LogP contribution < -0.4 is 0 Å². The lowest BCUT2D eigenvalue weighted by atomic mass is 10.0. The van der Waals surface area contributed by atoms with E-state index in [-0.39, 0.29) is 5.82 Å². The zero-order valence-electron chi connectivity index (χ0n) is 11.3. The summed E-state index contributed by atoms with van der Waals surface area (Å²) in [6.45, 7) is 0. The van der Waals surface area contributed by atoms with E-state index in [0.717, 1.165) is 11.1 Å². The summed E-state index contributed by atoms with van der Waals surface area (Å²) >= 11 is 0. The Balaban J connectivity index is 2.16. The maximum absolute atomic E-state index is 13.8. The van der Waals surface area contributed by atoms with Crippen molar-refractivity contribution in [2.75, 3.05) is 0 Å². The Kier molecular flexibility index (Phi) is 3.83. The zero-order valence-corrected chi connectivity index (χ0v) is 11.3. The number of nitrogens with zero attached hydrogens (tertiary/aromatic N) is 2. The van der Waals surface area contributed by atoms with Crippen LogP contribution in [0.3, 0.4) is 0 Å². The highest BCUT2D eigenvalue weighted by Gasteiger charge is 2.09. The Morgan fingerprint density at radius 2 is 1.33 bits per heavy atom. The van der Waals surface area contributed by atoms with Crippen LogP contribution in [0.25, 0.3) is 0 Å². The highest BCUT2D eigenvalue weighted by atomic mass is 19.1. The van der Waals surface area contributed by atoms with Gasteiger partial charge in [0.15, 0.2) is 11.6 Å². The lowest BCUT2D eigenvalue weighted by molar-refractivity contribution is 0.624. The number of pyridine rings is 1. The fraction of sp³-hybridized carbons (Fsp3) is 0. The molecule has 0 aliphatic carbocycles. The maximum atomic E-state index is 13.8. The molecule has 0 radical (unpaired) electrons. The van der Waals surface area contributed by atoms with Crippen molar-refractivity contribution < 1.29 is 4.39 Å². The summed E-state index contributed by atoms with van der Waals surface area (Å²) in [6, 6.07) is 22.3. The maximum Gasteiger partial charge on any atom is 0.189 e. The van der Waals surface area contributed by atoms with E-state index in [9.17, 15) is 4.39 Å². The molecular weight excluding hydrogens is 263 g/mol. The van der Waals surface area contributed by atoms with E-state index in [0.29, 0.717) is 5.71 Å². The molecule has 0 unspecified atom stereocenters. The van der Waals surface area contributed by atoms with Gasteiger partial charge in [-0.25, -0.2) is 14.4 Å². The fourth-order valence-corrected chi connectivity index (χ4v) is 2.05. The van der Waals surface area contributed by atoms with Crippen LogP contribution in [-0.2, 0) is 0 Å². The molecule has 2 aromatic carbocycles. The first-order chi connectivity index (χ1) is 10.3. The van der Waals surface area contributed by atoms with Crippen LogP contribution in [0.1, 0.15) is 11.1 Å². The van der Waals surface area contributed by atoms with E-state index >= 15 is 0 Å². The number of hydrogen-bond donors (Lipinski definition) is 0. The predicted octanol–water partition coefficient (Wildman–Crippen LogP) is 4.39. The molecule has 3 aromatic rings. The van der Waals surface area contributed by atoms with E-state index in [1.807, 2.05) is 60.7 Å². The predicted molar refractivity (Wildman–Crippen MR) is 82.4 cm³/mol. The van der Waals surface area contributed by atoms with E-state index in [1.165, 1.54) is 12.3 Å². The molecule has 0 aliphatic rings. The third kappa shape index (κ3) is 3.03. The third-order valence-corrected chi connectivity index (χ3v) is 3.05. The smallest absolute Gasteiger partial charge is 0.189 e. The molecule has 21 heavy (non-hydrogen) atoms. The minimum atomic E-state index is -0.429. The molecule has 3 rings (SSSR count). The molecular formula is C18H13FN2. The molecule has 0 amide bonds. The summed E-state index contributed by atoms with van der Waals surface area (Å²) in [6.07, 6.45) is 1.54. The molecule has 2 nitrogen and oxygen atoms in total. The van der Waals surface area contributed by atoms with Crippen molar-refractivity contribution in [3.05, 3.63) is 95.9 Å². The molecule has 0 saturated heterocycles. The van der Waals surface area contributed by atoms with Gasteiger partial charge in [0.1, 0.15) is 0 Å². The van der Waals surface area contributed by atoms with Gasteiger partial charge in [-0.05, 0) is 12.1 Å². The Hall–Kier alpha value is -2.81. The van der Waals surface area contributed by atoms with Crippen LogP contribution in [0, 0.1) is 5.82 Å². The van der Waals surface area contributed by atoms with Gasteiger partial charge in [0, 0.05) is 17.3 Å². The Morgan fingerprint density at radius 1 is 0.762 bits per heavy atom. The van der Waals surface area contributed by atoms with Crippen LogP contribution in [0.4, 0.5) is 10.2 Å². The van der Waals surface area contributed by atoms with Gasteiger partial charge in [-0.1, -0.05) is 60.7 Å². The van der Waals surface area contributed by atoms with Gasteiger partial charge in [-0.15, -0.1) is 0 Å². The lowest BCUT2D eigenvalue weighted by Gasteiger charge is -2.07. The highest BCUT2D eigenvalue weighted by molar-refractivity contribution is 6.13. The number of halogens is 1. The van der Waals surface area contributed by atoms with E-state index in [2.05, 4.69) is 9.98 Å². The lowest BCUT2D eigenvalue weighted by Crippen LogP contribution is -2.03. The van der Waals surface area contributed by atoms with Gasteiger partial charge in [-0.2, -0.15) is 0 Å². The topological polar surface area (TPSA) is 25.2 Å². The summed E-state index contributed by atoms with van der Waals surface area (Å²) in [4.78, 5) is 8.44. The Morgan fingerprint density at radius 3 is 1.86 bits per heavy atom. The molecule has 1 aromatic heterocycles. The molecule has 0 fully saturated rings. The van der Waals surface area contributed by atoms with Gasteiger partial charge < -0.3 is 0 Å². The minimum Gasteiger partial charge on any atom is -0.235 e. The van der Waals surface area contributed by atoms with Crippen LogP contribution in [0.5, 0.6) is 0 Å². The second kappa shape index (κ2) is 6.09. The molecule has 0 bridgehead atoms. The summed E-state index contributed by atoms with van der Waals surface area (Å²) in [5.74, 6) is -0.331. The molecule has 3 heteroatoms. The number of benzene rings is 2. The molecule has 0 aliphatic heterocycles. The van der Waals surface area contributed by atoms with Crippen molar-refractivity contribution in [1.29, 1.82) is 0 Å². The minimum absolute atomic E-state index is 0.0974. The zero-order chi connectivity index (χ0) is 14.5. The van der Waals surface area contributed by atoms with Crippen molar-refractivity contribution in [2.45, 2.75) is 0 Å². The molecule has 0 atom stereocenters. The first-order valence-corrected chi connectivity index (χ1v) is 6.64. The fourth-order valence-electron chi connectivity index (χ4n) is 2.05. The van der Waals surface area contributed by atoms with Crippen molar-refractivity contribution in [2.24, 2.45) is 4.99 Å². The number of hydrogen-bond acceptors (Lipinski definition) is 2. The largest absolute Gasteiger partial charge is 0.235 e. The quantitative estimate of drug-likeness (QED) is 0.651. The van der Waals surface area contributed by atoms with Gasteiger partial charge >= 0.3 is 0 Å². The van der Waals surface area contributed by atoms with Crippen molar-refractivity contribution in [1.82, 2.24) is 4.98 Å². The first-order valence-electron chi connectivity index (χ1n) is 6.64. The molecule has 0 saturated carbocycles. The molecule has 0 N–H and O–H groups in total. The standard InChI is InChI=1S/C18H13FN2/c19-16-12-7-13-20-18(16)21-17(14-8-3-1-4-9-14)15-10-5-2-6-11-15/h1-13H.